The highest BCUT2D eigenvalue weighted by Gasteiger charge is 2.05. The number of nitrogens with zero attached hydrogens (tertiary/aromatic N) is 2. The number of para-hydroxylation sites is 1. The zero-order valence-electron chi connectivity index (χ0n) is 8.16. The average Bonchev–Trinajstić information content (AvgIpc) is 2.46. The fourth-order valence-corrected chi connectivity index (χ4v) is 2.04. The number of benzene rings is 1. The third kappa shape index (κ3) is 1.60. The van der Waals surface area contributed by atoms with E-state index in [2.05, 4.69) is 40.1 Å². The Morgan fingerprint density at radius 2 is 1.93 bits per heavy atom. The third-order valence-electron chi connectivity index (χ3n) is 2.13. The summed E-state index contributed by atoms with van der Waals surface area (Å²) >= 11 is 3.49. The van der Waals surface area contributed by atoms with E-state index in [1.54, 1.807) is 0 Å². The predicted octanol–water partition coefficient (Wildman–Crippen LogP) is 3.25. The van der Waals surface area contributed by atoms with E-state index < -0.39 is 0 Å². The van der Waals surface area contributed by atoms with Crippen molar-refractivity contribution >= 4 is 15.9 Å². The first-order valence-electron chi connectivity index (χ1n) is 4.46. The lowest BCUT2D eigenvalue weighted by molar-refractivity contribution is 0.839. The smallest absolute Gasteiger partial charge is 0.110 e. The Morgan fingerprint density at radius 1 is 1.21 bits per heavy atom. The lowest BCUT2D eigenvalue weighted by Gasteiger charge is -2.06. The second kappa shape index (κ2) is 3.58. The molecule has 2 aromatic rings. The van der Waals surface area contributed by atoms with Crippen LogP contribution in [0.3, 0.4) is 0 Å². The van der Waals surface area contributed by atoms with E-state index in [4.69, 9.17) is 0 Å². The molecule has 1 aromatic heterocycles. The second-order valence-electron chi connectivity index (χ2n) is 3.31. The summed E-state index contributed by atoms with van der Waals surface area (Å²) in [7, 11) is 0. The van der Waals surface area contributed by atoms with Crippen LogP contribution in [0.25, 0.3) is 5.69 Å². The van der Waals surface area contributed by atoms with Gasteiger partial charge < -0.3 is 0 Å². The molecule has 2 nitrogen and oxygen atoms in total. The van der Waals surface area contributed by atoms with Crippen molar-refractivity contribution in [1.82, 2.24) is 9.78 Å². The fraction of sp³-hybridized carbons (Fsp3) is 0.182. The molecule has 0 amide bonds. The molecule has 0 aliphatic heterocycles. The van der Waals surface area contributed by atoms with Crippen molar-refractivity contribution in [2.45, 2.75) is 13.8 Å². The monoisotopic (exact) mass is 250 g/mol. The molecule has 0 unspecified atom stereocenters. The molecule has 1 heterocycles. The predicted molar refractivity (Wildman–Crippen MR) is 60.7 cm³/mol. The molecular weight excluding hydrogens is 240 g/mol. The normalized spacial score (nSPS) is 10.5. The van der Waals surface area contributed by atoms with Crippen LogP contribution in [0.4, 0.5) is 0 Å². The Hall–Kier alpha value is -1.09. The van der Waals surface area contributed by atoms with Crippen LogP contribution in [-0.4, -0.2) is 9.78 Å². The van der Waals surface area contributed by atoms with Gasteiger partial charge in [0.1, 0.15) is 4.60 Å². The maximum Gasteiger partial charge on any atom is 0.110 e. The minimum absolute atomic E-state index is 0.990. The number of aryl methyl sites for hydroxylation is 2. The van der Waals surface area contributed by atoms with Gasteiger partial charge in [-0.25, -0.2) is 4.68 Å². The number of halogens is 1. The highest BCUT2D eigenvalue weighted by Crippen LogP contribution is 2.19. The fourth-order valence-electron chi connectivity index (χ4n) is 1.44. The molecule has 0 bridgehead atoms. The molecule has 0 atom stereocenters. The van der Waals surface area contributed by atoms with Crippen molar-refractivity contribution in [2.24, 2.45) is 0 Å². The standard InChI is InChI=1S/C11H11BrN2/c1-8-5-3-4-6-10(8)14-11(12)7-9(2)13-14/h3-7H,1-2H3. The molecule has 3 heteroatoms. The van der Waals surface area contributed by atoms with Gasteiger partial charge in [-0.2, -0.15) is 5.10 Å². The molecule has 1 aromatic carbocycles. The molecule has 72 valence electrons. The Bertz CT molecular complexity index is 460. The maximum atomic E-state index is 4.41. The second-order valence-corrected chi connectivity index (χ2v) is 4.12. The number of hydrogen-bond donors (Lipinski definition) is 0. The summed E-state index contributed by atoms with van der Waals surface area (Å²) in [6, 6.07) is 10.2. The van der Waals surface area contributed by atoms with E-state index in [1.807, 2.05) is 29.8 Å². The van der Waals surface area contributed by atoms with E-state index in [0.29, 0.717) is 0 Å². The summed E-state index contributed by atoms with van der Waals surface area (Å²) in [5.74, 6) is 0. The Labute approximate surface area is 91.7 Å². The van der Waals surface area contributed by atoms with Crippen molar-refractivity contribution < 1.29 is 0 Å². The van der Waals surface area contributed by atoms with Gasteiger partial charge in [-0.05, 0) is 47.5 Å². The quantitative estimate of drug-likeness (QED) is 0.760. The molecule has 0 spiro atoms. The van der Waals surface area contributed by atoms with Gasteiger partial charge in [0.15, 0.2) is 0 Å². The summed E-state index contributed by atoms with van der Waals surface area (Å²) < 4.78 is 2.90. The van der Waals surface area contributed by atoms with Crippen LogP contribution in [0, 0.1) is 13.8 Å². The van der Waals surface area contributed by atoms with Crippen LogP contribution in [0.5, 0.6) is 0 Å². The zero-order chi connectivity index (χ0) is 10.1. The molecule has 0 saturated heterocycles. The molecule has 0 saturated carbocycles. The summed E-state index contributed by atoms with van der Waals surface area (Å²) in [5, 5.41) is 4.41. The van der Waals surface area contributed by atoms with Crippen molar-refractivity contribution in [2.75, 3.05) is 0 Å². The van der Waals surface area contributed by atoms with Gasteiger partial charge in [0.2, 0.25) is 0 Å². The lowest BCUT2D eigenvalue weighted by Crippen LogP contribution is -1.99. The molecule has 14 heavy (non-hydrogen) atoms. The Morgan fingerprint density at radius 3 is 2.50 bits per heavy atom. The third-order valence-corrected chi connectivity index (χ3v) is 2.70. The first-order chi connectivity index (χ1) is 6.68. The minimum atomic E-state index is 0.990. The van der Waals surface area contributed by atoms with Gasteiger partial charge in [0, 0.05) is 0 Å². The summed E-state index contributed by atoms with van der Waals surface area (Å²) in [5.41, 5.74) is 3.35. The van der Waals surface area contributed by atoms with Gasteiger partial charge in [-0.3, -0.25) is 0 Å². The zero-order valence-corrected chi connectivity index (χ0v) is 9.75. The topological polar surface area (TPSA) is 17.8 Å². The first kappa shape index (κ1) is 9.46. The van der Waals surface area contributed by atoms with Gasteiger partial charge in [-0.1, -0.05) is 18.2 Å². The maximum absolute atomic E-state index is 4.41. The van der Waals surface area contributed by atoms with Crippen LogP contribution in [0.15, 0.2) is 34.9 Å². The summed E-state index contributed by atoms with van der Waals surface area (Å²) in [4.78, 5) is 0. The molecule has 2 rings (SSSR count). The van der Waals surface area contributed by atoms with Crippen molar-refractivity contribution in [3.05, 3.63) is 46.2 Å². The van der Waals surface area contributed by atoms with Gasteiger partial charge in [0.05, 0.1) is 11.4 Å². The van der Waals surface area contributed by atoms with Crippen LogP contribution in [-0.2, 0) is 0 Å². The largest absolute Gasteiger partial charge is 0.226 e. The van der Waals surface area contributed by atoms with Gasteiger partial charge in [0.25, 0.3) is 0 Å². The highest BCUT2D eigenvalue weighted by molar-refractivity contribution is 9.10. The van der Waals surface area contributed by atoms with Crippen LogP contribution in [0.1, 0.15) is 11.3 Å². The van der Waals surface area contributed by atoms with E-state index in [1.165, 1.54) is 5.56 Å². The SMILES string of the molecule is Cc1cc(Br)n(-c2ccccc2C)n1. The lowest BCUT2D eigenvalue weighted by atomic mass is 10.2. The molecule has 0 fully saturated rings. The minimum Gasteiger partial charge on any atom is -0.226 e. The van der Waals surface area contributed by atoms with E-state index in [0.717, 1.165) is 16.0 Å². The van der Waals surface area contributed by atoms with Crippen molar-refractivity contribution in [3.63, 3.8) is 0 Å². The van der Waals surface area contributed by atoms with Crippen LogP contribution < -0.4 is 0 Å². The molecule has 0 radical (unpaired) electrons. The van der Waals surface area contributed by atoms with E-state index in [9.17, 15) is 0 Å². The van der Waals surface area contributed by atoms with Crippen molar-refractivity contribution in [1.29, 1.82) is 0 Å². The summed E-state index contributed by atoms with van der Waals surface area (Å²) in [6.07, 6.45) is 0. The number of rotatable bonds is 1. The average molecular weight is 251 g/mol. The number of aromatic nitrogens is 2. The van der Waals surface area contributed by atoms with Crippen LogP contribution >= 0.6 is 15.9 Å². The Kier molecular flexibility index (Phi) is 2.42. The van der Waals surface area contributed by atoms with Gasteiger partial charge >= 0.3 is 0 Å². The van der Waals surface area contributed by atoms with Crippen molar-refractivity contribution in [3.8, 4) is 5.69 Å². The Balaban J connectivity index is 2.60. The summed E-state index contributed by atoms with van der Waals surface area (Å²) in [6.45, 7) is 4.07. The molecule has 0 aliphatic rings. The van der Waals surface area contributed by atoms with E-state index in [-0.39, 0.29) is 0 Å². The van der Waals surface area contributed by atoms with E-state index >= 15 is 0 Å². The van der Waals surface area contributed by atoms with Crippen LogP contribution in [0.2, 0.25) is 0 Å². The van der Waals surface area contributed by atoms with Gasteiger partial charge in [-0.15, -0.1) is 0 Å². The molecule has 0 aliphatic carbocycles. The molecule has 0 N–H and O–H groups in total. The first-order valence-corrected chi connectivity index (χ1v) is 5.26. The number of hydrogen-bond acceptors (Lipinski definition) is 1. The highest BCUT2D eigenvalue weighted by atomic mass is 79.9. The molecular formula is C11H11BrN2.